The van der Waals surface area contributed by atoms with E-state index in [1.54, 1.807) is 36.4 Å². The van der Waals surface area contributed by atoms with Gasteiger partial charge in [0.1, 0.15) is 0 Å². The lowest BCUT2D eigenvalue weighted by Crippen LogP contribution is -2.28. The van der Waals surface area contributed by atoms with Crippen molar-refractivity contribution in [3.05, 3.63) is 95.2 Å². The summed E-state index contributed by atoms with van der Waals surface area (Å²) in [7, 11) is 2.87. The average molecular weight is 704 g/mol. The number of nitrogens with zero attached hydrogens (tertiary/aromatic N) is 2. The molecule has 266 valence electrons. The fraction of sp³-hybridized carbons (Fsp3) is 0.308. The number of aliphatic hydroxyl groups excluding tert-OH is 1. The number of fused-ring (bicyclic) bond motifs is 1. The van der Waals surface area contributed by atoms with E-state index in [4.69, 9.17) is 26.2 Å². The Balaban J connectivity index is 0.000000274. The van der Waals surface area contributed by atoms with Crippen molar-refractivity contribution in [1.29, 1.82) is 0 Å². The van der Waals surface area contributed by atoms with Crippen LogP contribution in [0.1, 0.15) is 44.2 Å². The topological polar surface area (TPSA) is 141 Å². The van der Waals surface area contributed by atoms with Crippen LogP contribution >= 0.6 is 11.6 Å². The van der Waals surface area contributed by atoms with Crippen molar-refractivity contribution in [2.24, 2.45) is 0 Å². The number of methoxy groups -OCH3 is 2. The van der Waals surface area contributed by atoms with E-state index in [0.29, 0.717) is 33.7 Å². The molecule has 0 spiro atoms. The number of hydrogen-bond acceptors (Lipinski definition) is 10. The van der Waals surface area contributed by atoms with Gasteiger partial charge < -0.3 is 35.0 Å². The zero-order valence-electron chi connectivity index (χ0n) is 28.9. The summed E-state index contributed by atoms with van der Waals surface area (Å²) in [5.74, 6) is -0.0832. The van der Waals surface area contributed by atoms with Crippen LogP contribution in [-0.4, -0.2) is 83.3 Å². The Morgan fingerprint density at radius 3 is 2.04 bits per heavy atom. The van der Waals surface area contributed by atoms with Crippen LogP contribution < -0.4 is 14.8 Å². The van der Waals surface area contributed by atoms with E-state index in [1.807, 2.05) is 30.5 Å². The minimum atomic E-state index is -0.347. The molecule has 0 radical (unpaired) electrons. The predicted molar refractivity (Wildman–Crippen MR) is 200 cm³/mol. The van der Waals surface area contributed by atoms with E-state index in [-0.39, 0.29) is 36.1 Å². The van der Waals surface area contributed by atoms with E-state index in [2.05, 4.69) is 29.0 Å². The number of ether oxygens (including phenoxy) is 2. The lowest BCUT2D eigenvalue weighted by Gasteiger charge is -2.21. The van der Waals surface area contributed by atoms with Crippen molar-refractivity contribution in [1.82, 2.24) is 9.88 Å². The minimum Gasteiger partial charge on any atom is -0.504 e. The normalized spacial score (nSPS) is 11.8. The fourth-order valence-corrected chi connectivity index (χ4v) is 5.21. The van der Waals surface area contributed by atoms with E-state index in [1.165, 1.54) is 38.5 Å². The van der Waals surface area contributed by atoms with Crippen LogP contribution in [0.25, 0.3) is 23.1 Å². The summed E-state index contributed by atoms with van der Waals surface area (Å²) in [4.78, 5) is 30.5. The molecule has 1 atom stereocenters. The maximum atomic E-state index is 11.9. The fourth-order valence-electron chi connectivity index (χ4n) is 5.04. The van der Waals surface area contributed by atoms with E-state index < -0.39 is 0 Å². The number of halogens is 1. The van der Waals surface area contributed by atoms with Crippen LogP contribution in [0.2, 0.25) is 5.02 Å². The molecule has 10 nitrogen and oxygen atoms in total. The summed E-state index contributed by atoms with van der Waals surface area (Å²) >= 11 is 6.03. The number of carbonyl (C=O) groups excluding carboxylic acids is 2. The molecule has 0 bridgehead atoms. The molecule has 0 aliphatic carbocycles. The lowest BCUT2D eigenvalue weighted by molar-refractivity contribution is -0.121. The number of aromatic hydroxyl groups is 2. The van der Waals surface area contributed by atoms with Gasteiger partial charge in [-0.1, -0.05) is 42.8 Å². The number of pyridine rings is 1. The zero-order valence-corrected chi connectivity index (χ0v) is 29.7. The molecule has 0 saturated carbocycles. The van der Waals surface area contributed by atoms with Gasteiger partial charge in [-0.25, -0.2) is 0 Å². The number of benzene rings is 3. The van der Waals surface area contributed by atoms with Gasteiger partial charge >= 0.3 is 0 Å². The molecular weight excluding hydrogens is 658 g/mol. The number of likely N-dealkylation sites (N-methyl/N-ethyl adjacent to an activating group) is 1. The summed E-state index contributed by atoms with van der Waals surface area (Å²) in [6, 6.07) is 17.5. The first-order valence-corrected chi connectivity index (χ1v) is 16.7. The Morgan fingerprint density at radius 2 is 1.50 bits per heavy atom. The summed E-state index contributed by atoms with van der Waals surface area (Å²) in [5.41, 5.74) is 3.34. The second-order valence-corrected chi connectivity index (χ2v) is 11.9. The first kappa shape index (κ1) is 39.5. The lowest BCUT2D eigenvalue weighted by atomic mass is 10.1. The summed E-state index contributed by atoms with van der Waals surface area (Å²) in [5, 5.41) is 33.5. The molecule has 0 fully saturated rings. The Bertz CT molecular complexity index is 1700. The Morgan fingerprint density at radius 1 is 0.900 bits per heavy atom. The number of ketones is 2. The highest BCUT2D eigenvalue weighted by Crippen LogP contribution is 2.28. The molecule has 11 heteroatoms. The molecule has 0 aliphatic rings. The van der Waals surface area contributed by atoms with Crippen LogP contribution in [-0.2, 0) is 9.59 Å². The van der Waals surface area contributed by atoms with Crippen LogP contribution in [0.4, 0.5) is 5.69 Å². The number of phenolic OH excluding ortho intramolecular Hbond substituents is 2. The van der Waals surface area contributed by atoms with E-state index >= 15 is 0 Å². The standard InChI is InChI=1S/C21H20O6.C18H26ClN3O/c1-26-20-11-14(5-9-18(20)24)3-7-16(22)13-17(23)8-4-15-6-10-19(25)21(12-15)27-2;1-3-22(11-12-23)10-4-5-14(2)21-17-8-9-20-18-13-15(19)6-7-16(17)18/h3-12,24-25H,13H2,1-2H3;6-9,13-14,23H,3-5,10-12H2,1-2H3,(H,20,21)/b7-3+,8-4+;. The quantitative estimate of drug-likeness (QED) is 0.0662. The van der Waals surface area contributed by atoms with Gasteiger partial charge in [-0.05, 0) is 105 Å². The Kier molecular flexibility index (Phi) is 16.3. The number of hydrogen-bond donors (Lipinski definition) is 4. The third-order valence-electron chi connectivity index (χ3n) is 7.76. The number of phenols is 2. The van der Waals surface area contributed by atoms with Crippen molar-refractivity contribution in [3.63, 3.8) is 0 Å². The van der Waals surface area contributed by atoms with Gasteiger partial charge in [-0.2, -0.15) is 0 Å². The maximum absolute atomic E-state index is 11.9. The summed E-state index contributed by atoms with van der Waals surface area (Å²) in [6.45, 7) is 7.32. The first-order chi connectivity index (χ1) is 24.1. The highest BCUT2D eigenvalue weighted by Gasteiger charge is 2.09. The van der Waals surface area contributed by atoms with Gasteiger partial charge in [0.15, 0.2) is 34.6 Å². The number of aliphatic hydroxyl groups is 1. The number of nitrogens with one attached hydrogen (secondary N) is 1. The van der Waals surface area contributed by atoms with Gasteiger partial charge in [0.25, 0.3) is 0 Å². The van der Waals surface area contributed by atoms with Crippen LogP contribution in [0.5, 0.6) is 23.0 Å². The van der Waals surface area contributed by atoms with Crippen molar-refractivity contribution in [3.8, 4) is 23.0 Å². The minimum absolute atomic E-state index is 0.00662. The molecule has 0 amide bonds. The van der Waals surface area contributed by atoms with Crippen molar-refractivity contribution in [2.45, 2.75) is 39.2 Å². The molecule has 4 rings (SSSR count). The van der Waals surface area contributed by atoms with Gasteiger partial charge in [0.2, 0.25) is 0 Å². The Labute approximate surface area is 298 Å². The molecule has 1 aromatic heterocycles. The third kappa shape index (κ3) is 12.9. The average Bonchev–Trinajstić information content (AvgIpc) is 3.10. The molecule has 1 heterocycles. The van der Waals surface area contributed by atoms with Gasteiger partial charge in [0, 0.05) is 34.9 Å². The van der Waals surface area contributed by atoms with Crippen molar-refractivity contribution >= 4 is 51.9 Å². The first-order valence-electron chi connectivity index (χ1n) is 16.4. The van der Waals surface area contributed by atoms with Crippen LogP contribution in [0.3, 0.4) is 0 Å². The number of carbonyl (C=O) groups is 2. The second kappa shape index (κ2) is 20.6. The molecule has 0 aliphatic heterocycles. The molecule has 1 unspecified atom stereocenters. The van der Waals surface area contributed by atoms with Gasteiger partial charge in [-0.15, -0.1) is 0 Å². The zero-order chi connectivity index (χ0) is 36.5. The number of anilines is 1. The predicted octanol–water partition coefficient (Wildman–Crippen LogP) is 7.15. The van der Waals surface area contributed by atoms with Crippen LogP contribution in [0.15, 0.2) is 79.0 Å². The molecule has 3 aromatic carbocycles. The second-order valence-electron chi connectivity index (χ2n) is 11.5. The van der Waals surface area contributed by atoms with Crippen molar-refractivity contribution in [2.75, 3.05) is 45.8 Å². The van der Waals surface area contributed by atoms with E-state index in [0.717, 1.165) is 49.1 Å². The van der Waals surface area contributed by atoms with Gasteiger partial charge in [-0.3, -0.25) is 14.6 Å². The summed E-state index contributed by atoms with van der Waals surface area (Å²) < 4.78 is 10.00. The smallest absolute Gasteiger partial charge is 0.163 e. The molecule has 4 N–H and O–H groups in total. The molecule has 50 heavy (non-hydrogen) atoms. The molecule has 0 saturated heterocycles. The van der Waals surface area contributed by atoms with E-state index in [9.17, 15) is 19.8 Å². The molecule has 4 aromatic rings. The number of aromatic nitrogens is 1. The SMILES string of the molecule is CCN(CCO)CCCC(C)Nc1ccnc2cc(Cl)ccc12.COc1cc(/C=C/C(=O)CC(=O)/C=C/c2ccc(O)c(OC)c2)ccc1O. The van der Waals surface area contributed by atoms with Gasteiger partial charge in [0.05, 0.1) is 32.8 Å². The highest BCUT2D eigenvalue weighted by atomic mass is 35.5. The molecular formula is C39H46ClN3O7. The maximum Gasteiger partial charge on any atom is 0.163 e. The van der Waals surface area contributed by atoms with Crippen LogP contribution in [0, 0.1) is 0 Å². The summed E-state index contributed by atoms with van der Waals surface area (Å²) in [6.07, 6.45) is 9.45. The van der Waals surface area contributed by atoms with Crippen molar-refractivity contribution < 1.29 is 34.4 Å². The third-order valence-corrected chi connectivity index (χ3v) is 8.00. The highest BCUT2D eigenvalue weighted by molar-refractivity contribution is 6.31. The number of allylic oxidation sites excluding steroid dienone is 2. The Hall–Kier alpha value is -4.90. The largest absolute Gasteiger partial charge is 0.504 e. The number of rotatable bonds is 17. The monoisotopic (exact) mass is 703 g/mol.